The van der Waals surface area contributed by atoms with Gasteiger partial charge < -0.3 is 20.1 Å². The largest absolute Gasteiger partial charge is 0.462 e. The second kappa shape index (κ2) is 11.2. The summed E-state index contributed by atoms with van der Waals surface area (Å²) >= 11 is 2.50. The van der Waals surface area contributed by atoms with Crippen LogP contribution in [0.1, 0.15) is 23.7 Å². The van der Waals surface area contributed by atoms with Gasteiger partial charge in [0, 0.05) is 9.77 Å². The van der Waals surface area contributed by atoms with Gasteiger partial charge >= 0.3 is 11.9 Å². The van der Waals surface area contributed by atoms with Gasteiger partial charge in [0.25, 0.3) is 5.91 Å². The van der Waals surface area contributed by atoms with Gasteiger partial charge in [-0.25, -0.2) is 4.79 Å². The number of carbonyl (C=O) groups excluding carboxylic acids is 4. The molecule has 0 spiro atoms. The molecule has 0 radical (unpaired) electrons. The Morgan fingerprint density at radius 1 is 1.03 bits per heavy atom. The van der Waals surface area contributed by atoms with Crippen LogP contribution in [0.2, 0.25) is 0 Å². The van der Waals surface area contributed by atoms with Crippen molar-refractivity contribution in [2.24, 2.45) is 0 Å². The minimum atomic E-state index is -0.672. The second-order valence-corrected chi connectivity index (χ2v) is 9.74. The van der Waals surface area contributed by atoms with E-state index in [0.29, 0.717) is 10.7 Å². The molecule has 10 heteroatoms. The van der Waals surface area contributed by atoms with E-state index in [1.807, 2.05) is 48.5 Å². The molecule has 8 nitrogen and oxygen atoms in total. The zero-order chi connectivity index (χ0) is 24.8. The monoisotopic (exact) mass is 510 g/mol. The van der Waals surface area contributed by atoms with E-state index in [1.54, 1.807) is 19.1 Å². The summed E-state index contributed by atoms with van der Waals surface area (Å²) in [6.07, 6.45) is -0.177. The van der Waals surface area contributed by atoms with E-state index >= 15 is 0 Å². The predicted octanol–water partition coefficient (Wildman–Crippen LogP) is 4.58. The number of anilines is 2. The summed E-state index contributed by atoms with van der Waals surface area (Å²) in [5, 5.41) is 5.06. The lowest BCUT2D eigenvalue weighted by Crippen LogP contribution is -2.32. The van der Waals surface area contributed by atoms with Crippen molar-refractivity contribution in [2.45, 2.75) is 23.5 Å². The molecule has 3 aromatic rings. The third-order valence-electron chi connectivity index (χ3n) is 4.96. The highest BCUT2D eigenvalue weighted by Crippen LogP contribution is 2.37. The Kier molecular flexibility index (Phi) is 7.84. The van der Waals surface area contributed by atoms with Gasteiger partial charge in [0.1, 0.15) is 5.00 Å². The van der Waals surface area contributed by atoms with Crippen LogP contribution < -0.4 is 10.6 Å². The zero-order valence-corrected chi connectivity index (χ0v) is 20.4. The van der Waals surface area contributed by atoms with Crippen LogP contribution in [0.5, 0.6) is 0 Å². The van der Waals surface area contributed by atoms with Crippen LogP contribution in [0.3, 0.4) is 0 Å². The van der Waals surface area contributed by atoms with E-state index in [-0.39, 0.29) is 24.5 Å². The normalized spacial score (nSPS) is 14.4. The maximum Gasteiger partial charge on any atom is 0.341 e. The lowest BCUT2D eigenvalue weighted by atomic mass is 10.1. The molecule has 0 fully saturated rings. The highest BCUT2D eigenvalue weighted by molar-refractivity contribution is 8.01. The zero-order valence-electron chi connectivity index (χ0n) is 18.7. The number of rotatable bonds is 8. The summed E-state index contributed by atoms with van der Waals surface area (Å²) in [5.74, 6) is -2.12. The maximum absolute atomic E-state index is 12.5. The smallest absolute Gasteiger partial charge is 0.341 e. The number of thiophene rings is 1. The Bertz CT molecular complexity index is 1260. The summed E-state index contributed by atoms with van der Waals surface area (Å²) in [7, 11) is 0. The third kappa shape index (κ3) is 6.09. The number of ether oxygens (including phenoxy) is 2. The van der Waals surface area contributed by atoms with Crippen LogP contribution in [0.15, 0.2) is 65.6 Å². The number of nitrogens with one attached hydrogen (secondary N) is 2. The number of hydrogen-bond acceptors (Lipinski definition) is 8. The number of para-hydroxylation sites is 1. The van der Waals surface area contributed by atoms with E-state index in [0.717, 1.165) is 15.3 Å². The van der Waals surface area contributed by atoms with Gasteiger partial charge in [-0.05, 0) is 30.7 Å². The van der Waals surface area contributed by atoms with Crippen molar-refractivity contribution < 1.29 is 28.7 Å². The molecule has 1 aromatic heterocycles. The third-order valence-corrected chi connectivity index (χ3v) is 7.34. The predicted molar refractivity (Wildman–Crippen MR) is 135 cm³/mol. The summed E-state index contributed by atoms with van der Waals surface area (Å²) in [5.41, 5.74) is 1.82. The number of carbonyl (C=O) groups is 4. The number of benzene rings is 2. The van der Waals surface area contributed by atoms with Crippen molar-refractivity contribution in [1.82, 2.24) is 0 Å². The van der Waals surface area contributed by atoms with Crippen LogP contribution in [0.4, 0.5) is 10.7 Å². The molecule has 2 amide bonds. The molecule has 2 aromatic carbocycles. The van der Waals surface area contributed by atoms with Gasteiger partial charge in [0.15, 0.2) is 6.61 Å². The maximum atomic E-state index is 12.5. The van der Waals surface area contributed by atoms with Crippen LogP contribution >= 0.6 is 23.1 Å². The van der Waals surface area contributed by atoms with Crippen LogP contribution in [-0.4, -0.2) is 42.2 Å². The molecular formula is C25H22N2O6S2. The first-order valence-corrected chi connectivity index (χ1v) is 12.5. The fourth-order valence-electron chi connectivity index (χ4n) is 3.34. The lowest BCUT2D eigenvalue weighted by molar-refractivity contribution is -0.147. The SMILES string of the molecule is CCOC(=O)c1cc(-c2ccccc2)sc1NC(=O)COC(=O)C[C@@H]1Sc2ccccc2NC1=O. The molecule has 1 atom stereocenters. The lowest BCUT2D eigenvalue weighted by Gasteiger charge is -2.23. The van der Waals surface area contributed by atoms with Gasteiger partial charge in [0.05, 0.1) is 29.5 Å². The summed E-state index contributed by atoms with van der Waals surface area (Å²) in [6, 6.07) is 18.4. The van der Waals surface area contributed by atoms with Gasteiger partial charge in [-0.15, -0.1) is 23.1 Å². The molecule has 0 bridgehead atoms. The highest BCUT2D eigenvalue weighted by atomic mass is 32.2. The average molecular weight is 511 g/mol. The molecule has 0 saturated carbocycles. The Hall–Kier alpha value is -3.63. The van der Waals surface area contributed by atoms with Crippen molar-refractivity contribution in [3.8, 4) is 10.4 Å². The van der Waals surface area contributed by atoms with Crippen molar-refractivity contribution >= 4 is 57.5 Å². The van der Waals surface area contributed by atoms with E-state index in [1.165, 1.54) is 23.1 Å². The summed E-state index contributed by atoms with van der Waals surface area (Å²) in [6.45, 7) is 1.34. The molecule has 180 valence electrons. The molecule has 0 unspecified atom stereocenters. The van der Waals surface area contributed by atoms with Gasteiger partial charge in [-0.3, -0.25) is 14.4 Å². The molecule has 2 heterocycles. The van der Waals surface area contributed by atoms with Crippen LogP contribution in [-0.2, 0) is 23.9 Å². The van der Waals surface area contributed by atoms with E-state index < -0.39 is 29.7 Å². The first-order chi connectivity index (χ1) is 16.9. The average Bonchev–Trinajstić information content (AvgIpc) is 3.28. The number of fused-ring (bicyclic) bond motifs is 1. The second-order valence-electron chi connectivity index (χ2n) is 7.44. The van der Waals surface area contributed by atoms with Gasteiger partial charge in [-0.2, -0.15) is 0 Å². The van der Waals surface area contributed by atoms with Crippen LogP contribution in [0.25, 0.3) is 10.4 Å². The van der Waals surface area contributed by atoms with Crippen molar-refractivity contribution in [1.29, 1.82) is 0 Å². The standard InChI is InChI=1S/C25H22N2O6S2/c1-2-32-25(31)16-12-19(15-8-4-3-5-9-15)35-24(16)27-21(28)14-33-22(29)13-20-23(30)26-17-10-6-7-11-18(17)34-20/h3-12,20H,2,13-14H2,1H3,(H,26,30)(H,27,28)/t20-/m0/s1. The Labute approximate surface area is 210 Å². The minimum Gasteiger partial charge on any atom is -0.462 e. The number of amides is 2. The number of hydrogen-bond donors (Lipinski definition) is 2. The Morgan fingerprint density at radius 2 is 1.77 bits per heavy atom. The number of thioether (sulfide) groups is 1. The first-order valence-electron chi connectivity index (χ1n) is 10.8. The van der Waals surface area contributed by atoms with E-state index in [4.69, 9.17) is 9.47 Å². The Morgan fingerprint density at radius 3 is 2.54 bits per heavy atom. The van der Waals surface area contributed by atoms with Crippen molar-refractivity contribution in [3.63, 3.8) is 0 Å². The van der Waals surface area contributed by atoms with Gasteiger partial charge in [-0.1, -0.05) is 42.5 Å². The summed E-state index contributed by atoms with van der Waals surface area (Å²) in [4.78, 5) is 51.1. The fourth-order valence-corrected chi connectivity index (χ4v) is 5.50. The fraction of sp³-hybridized carbons (Fsp3) is 0.200. The molecule has 2 N–H and O–H groups in total. The van der Waals surface area contributed by atoms with Crippen molar-refractivity contribution in [2.75, 3.05) is 23.8 Å². The van der Waals surface area contributed by atoms with Crippen LogP contribution in [0, 0.1) is 0 Å². The molecule has 35 heavy (non-hydrogen) atoms. The topological polar surface area (TPSA) is 111 Å². The van der Waals surface area contributed by atoms with E-state index in [2.05, 4.69) is 10.6 Å². The quantitative estimate of drug-likeness (QED) is 0.427. The molecule has 0 saturated heterocycles. The molecule has 0 aliphatic carbocycles. The van der Waals surface area contributed by atoms with Gasteiger partial charge in [0.2, 0.25) is 5.91 Å². The molecule has 4 rings (SSSR count). The summed E-state index contributed by atoms with van der Waals surface area (Å²) < 4.78 is 10.2. The minimum absolute atomic E-state index is 0.177. The molecule has 1 aliphatic rings. The molecule has 1 aliphatic heterocycles. The Balaban J connectivity index is 1.36. The molecular weight excluding hydrogens is 488 g/mol. The first kappa shape index (κ1) is 24.5. The van der Waals surface area contributed by atoms with Crippen molar-refractivity contribution in [3.05, 3.63) is 66.2 Å². The highest BCUT2D eigenvalue weighted by Gasteiger charge is 2.29. The van der Waals surface area contributed by atoms with E-state index in [9.17, 15) is 19.2 Å². The number of esters is 2.